The summed E-state index contributed by atoms with van der Waals surface area (Å²) in [6.07, 6.45) is 0. The SMILES string of the molecule is COc1ccc(N(c2ccc(Cl)cc2)c2ccc(-c3ccccc3)cc2)cc1. The van der Waals surface area contributed by atoms with Crippen molar-refractivity contribution in [3.05, 3.63) is 108 Å². The molecule has 0 saturated heterocycles. The zero-order valence-corrected chi connectivity index (χ0v) is 16.3. The molecule has 0 aliphatic carbocycles. The van der Waals surface area contributed by atoms with Crippen molar-refractivity contribution in [1.82, 2.24) is 0 Å². The molecule has 4 aromatic carbocycles. The first-order valence-corrected chi connectivity index (χ1v) is 9.47. The van der Waals surface area contributed by atoms with Crippen LogP contribution in [0.3, 0.4) is 0 Å². The molecule has 3 heteroatoms. The van der Waals surface area contributed by atoms with Gasteiger partial charge in [0.2, 0.25) is 0 Å². The fourth-order valence-electron chi connectivity index (χ4n) is 3.20. The van der Waals surface area contributed by atoms with Gasteiger partial charge in [-0.2, -0.15) is 0 Å². The van der Waals surface area contributed by atoms with E-state index in [0.717, 1.165) is 27.8 Å². The van der Waals surface area contributed by atoms with Crippen LogP contribution in [-0.2, 0) is 0 Å². The van der Waals surface area contributed by atoms with Crippen molar-refractivity contribution in [2.45, 2.75) is 0 Å². The van der Waals surface area contributed by atoms with Crippen molar-refractivity contribution in [1.29, 1.82) is 0 Å². The maximum Gasteiger partial charge on any atom is 0.119 e. The van der Waals surface area contributed by atoms with Crippen LogP contribution in [0, 0.1) is 0 Å². The molecule has 0 spiro atoms. The molecule has 138 valence electrons. The van der Waals surface area contributed by atoms with Crippen molar-refractivity contribution >= 4 is 28.7 Å². The van der Waals surface area contributed by atoms with Crippen molar-refractivity contribution in [2.75, 3.05) is 12.0 Å². The van der Waals surface area contributed by atoms with Crippen LogP contribution in [0.2, 0.25) is 5.02 Å². The molecular weight excluding hydrogens is 366 g/mol. The molecule has 0 unspecified atom stereocenters. The Labute approximate surface area is 170 Å². The highest BCUT2D eigenvalue weighted by atomic mass is 35.5. The van der Waals surface area contributed by atoms with E-state index in [1.54, 1.807) is 7.11 Å². The number of hydrogen-bond acceptors (Lipinski definition) is 2. The third kappa shape index (κ3) is 3.88. The number of rotatable bonds is 5. The second-order valence-electron chi connectivity index (χ2n) is 6.42. The normalized spacial score (nSPS) is 10.5. The molecule has 0 amide bonds. The van der Waals surface area contributed by atoms with E-state index in [2.05, 4.69) is 65.6 Å². The minimum atomic E-state index is 0.720. The number of anilines is 3. The molecule has 2 nitrogen and oxygen atoms in total. The molecular formula is C25H20ClNO. The fourth-order valence-corrected chi connectivity index (χ4v) is 3.33. The Balaban J connectivity index is 1.75. The predicted octanol–water partition coefficient (Wildman–Crippen LogP) is 7.49. The van der Waals surface area contributed by atoms with Gasteiger partial charge in [-0.05, 0) is 71.8 Å². The lowest BCUT2D eigenvalue weighted by Crippen LogP contribution is -2.09. The van der Waals surface area contributed by atoms with Crippen LogP contribution < -0.4 is 9.64 Å². The average molecular weight is 386 g/mol. The molecule has 0 heterocycles. The Hall–Kier alpha value is -3.23. The highest BCUT2D eigenvalue weighted by Gasteiger charge is 2.13. The van der Waals surface area contributed by atoms with Gasteiger partial charge in [-0.15, -0.1) is 0 Å². The summed E-state index contributed by atoms with van der Waals surface area (Å²) in [5.74, 6) is 0.833. The number of halogens is 1. The molecule has 0 aromatic heterocycles. The third-order valence-electron chi connectivity index (χ3n) is 4.65. The van der Waals surface area contributed by atoms with Crippen molar-refractivity contribution < 1.29 is 4.74 Å². The van der Waals surface area contributed by atoms with Gasteiger partial charge >= 0.3 is 0 Å². The van der Waals surface area contributed by atoms with Crippen molar-refractivity contribution in [2.24, 2.45) is 0 Å². The Bertz CT molecular complexity index is 1030. The first-order chi connectivity index (χ1) is 13.7. The maximum atomic E-state index is 6.10. The van der Waals surface area contributed by atoms with Gasteiger partial charge in [0.15, 0.2) is 0 Å². The largest absolute Gasteiger partial charge is 0.497 e. The molecule has 0 bridgehead atoms. The summed E-state index contributed by atoms with van der Waals surface area (Å²) in [5, 5.41) is 0.720. The Morgan fingerprint density at radius 3 is 1.57 bits per heavy atom. The molecule has 0 saturated carbocycles. The zero-order valence-electron chi connectivity index (χ0n) is 15.5. The Kier molecular flexibility index (Phi) is 5.31. The van der Waals surface area contributed by atoms with Gasteiger partial charge in [-0.1, -0.05) is 54.1 Å². The molecule has 4 rings (SSSR count). The summed E-state index contributed by atoms with van der Waals surface area (Å²) in [4.78, 5) is 2.20. The minimum absolute atomic E-state index is 0.720. The lowest BCUT2D eigenvalue weighted by Gasteiger charge is -2.26. The van der Waals surface area contributed by atoms with Crippen LogP contribution in [0.1, 0.15) is 0 Å². The molecule has 28 heavy (non-hydrogen) atoms. The predicted molar refractivity (Wildman–Crippen MR) is 118 cm³/mol. The first kappa shape index (κ1) is 18.1. The van der Waals surface area contributed by atoms with Crippen LogP contribution in [0.4, 0.5) is 17.1 Å². The van der Waals surface area contributed by atoms with Gasteiger partial charge in [-0.3, -0.25) is 0 Å². The van der Waals surface area contributed by atoms with E-state index < -0.39 is 0 Å². The van der Waals surface area contributed by atoms with Gasteiger partial charge in [0.1, 0.15) is 5.75 Å². The summed E-state index contributed by atoms with van der Waals surface area (Å²) >= 11 is 6.10. The van der Waals surface area contributed by atoms with Crippen LogP contribution in [-0.4, -0.2) is 7.11 Å². The van der Waals surface area contributed by atoms with Gasteiger partial charge in [-0.25, -0.2) is 0 Å². The molecule has 0 radical (unpaired) electrons. The Morgan fingerprint density at radius 1 is 0.571 bits per heavy atom. The van der Waals surface area contributed by atoms with Crippen LogP contribution in [0.5, 0.6) is 5.75 Å². The third-order valence-corrected chi connectivity index (χ3v) is 4.90. The average Bonchev–Trinajstić information content (AvgIpc) is 2.77. The van der Waals surface area contributed by atoms with E-state index in [1.807, 2.05) is 42.5 Å². The lowest BCUT2D eigenvalue weighted by molar-refractivity contribution is 0.415. The zero-order chi connectivity index (χ0) is 19.3. The van der Waals surface area contributed by atoms with Gasteiger partial charge in [0.05, 0.1) is 7.11 Å². The summed E-state index contributed by atoms with van der Waals surface area (Å²) in [7, 11) is 1.67. The smallest absolute Gasteiger partial charge is 0.119 e. The van der Waals surface area contributed by atoms with E-state index in [4.69, 9.17) is 16.3 Å². The van der Waals surface area contributed by atoms with Gasteiger partial charge in [0, 0.05) is 22.1 Å². The monoisotopic (exact) mass is 385 g/mol. The fraction of sp³-hybridized carbons (Fsp3) is 0.0400. The molecule has 0 aliphatic rings. The van der Waals surface area contributed by atoms with E-state index in [9.17, 15) is 0 Å². The van der Waals surface area contributed by atoms with Gasteiger partial charge < -0.3 is 9.64 Å². The molecule has 4 aromatic rings. The van der Waals surface area contributed by atoms with E-state index in [-0.39, 0.29) is 0 Å². The first-order valence-electron chi connectivity index (χ1n) is 9.10. The molecule has 0 aliphatic heterocycles. The van der Waals surface area contributed by atoms with Crippen LogP contribution >= 0.6 is 11.6 Å². The number of benzene rings is 4. The number of methoxy groups -OCH3 is 1. The number of nitrogens with zero attached hydrogens (tertiary/aromatic N) is 1. The summed E-state index contributed by atoms with van der Waals surface area (Å²) < 4.78 is 5.30. The molecule has 0 atom stereocenters. The molecule has 0 N–H and O–H groups in total. The van der Waals surface area contributed by atoms with Crippen LogP contribution in [0.15, 0.2) is 103 Å². The topological polar surface area (TPSA) is 12.5 Å². The summed E-state index contributed by atoms with van der Waals surface area (Å²) in [6.45, 7) is 0. The van der Waals surface area contributed by atoms with E-state index in [1.165, 1.54) is 11.1 Å². The second-order valence-corrected chi connectivity index (χ2v) is 6.86. The number of hydrogen-bond donors (Lipinski definition) is 0. The minimum Gasteiger partial charge on any atom is -0.497 e. The van der Waals surface area contributed by atoms with Crippen molar-refractivity contribution in [3.63, 3.8) is 0 Å². The van der Waals surface area contributed by atoms with E-state index >= 15 is 0 Å². The second kappa shape index (κ2) is 8.20. The van der Waals surface area contributed by atoms with Crippen LogP contribution in [0.25, 0.3) is 11.1 Å². The van der Waals surface area contributed by atoms with E-state index in [0.29, 0.717) is 0 Å². The highest BCUT2D eigenvalue weighted by molar-refractivity contribution is 6.30. The van der Waals surface area contributed by atoms with Crippen molar-refractivity contribution in [3.8, 4) is 16.9 Å². The number of ether oxygens (including phenoxy) is 1. The maximum absolute atomic E-state index is 6.10. The Morgan fingerprint density at radius 2 is 1.04 bits per heavy atom. The quantitative estimate of drug-likeness (QED) is 0.353. The molecule has 0 fully saturated rings. The standard InChI is InChI=1S/C25H20ClNO/c1-28-25-17-15-24(16-18-25)27(23-13-9-21(26)10-14-23)22-11-7-20(8-12-22)19-5-3-2-4-6-19/h2-18H,1H3. The summed E-state index contributed by atoms with van der Waals surface area (Å²) in [6, 6.07) is 34.9. The van der Waals surface area contributed by atoms with Gasteiger partial charge in [0.25, 0.3) is 0 Å². The summed E-state index contributed by atoms with van der Waals surface area (Å²) in [5.41, 5.74) is 5.57. The lowest BCUT2D eigenvalue weighted by atomic mass is 10.0. The highest BCUT2D eigenvalue weighted by Crippen LogP contribution is 2.36.